The van der Waals surface area contributed by atoms with E-state index in [0.717, 1.165) is 17.4 Å². The molecule has 144 valence electrons. The number of hydrogen-bond donors (Lipinski definition) is 2. The Morgan fingerprint density at radius 1 is 1.07 bits per heavy atom. The molecule has 27 heavy (non-hydrogen) atoms. The minimum atomic E-state index is -0.872. The molecule has 1 unspecified atom stereocenters. The molecule has 4 bridgehead atoms. The first-order valence-electron chi connectivity index (χ1n) is 10.5. The number of nitrogens with two attached hydrogens (primary N) is 1. The van der Waals surface area contributed by atoms with Crippen LogP contribution in [-0.2, 0) is 10.3 Å². The molecule has 0 saturated heterocycles. The van der Waals surface area contributed by atoms with E-state index in [1.807, 2.05) is 18.2 Å². The van der Waals surface area contributed by atoms with Gasteiger partial charge in [-0.2, -0.15) is 0 Å². The van der Waals surface area contributed by atoms with Crippen LogP contribution in [0.1, 0.15) is 44.1 Å². The van der Waals surface area contributed by atoms with Gasteiger partial charge in [-0.3, -0.25) is 9.69 Å². The number of hydrogen-bond acceptors (Lipinski definition) is 4. The van der Waals surface area contributed by atoms with Crippen molar-refractivity contribution in [2.75, 3.05) is 13.2 Å². The first-order valence-corrected chi connectivity index (χ1v) is 10.5. The fourth-order valence-electron chi connectivity index (χ4n) is 6.94. The number of rotatable bonds is 5. The summed E-state index contributed by atoms with van der Waals surface area (Å²) in [4.78, 5) is 20.4. The standard InChI is InChI=1S/C22H29N3O2/c23-21-24-22(18-5-2-1-3-6-18,20(27)25(21)7-4-8-26)19-16-10-14-9-15(12-16)13-17(19)11-14/h1-3,5-6,14-17,19,26H,4,7-13H2,(H2,23,24). The summed E-state index contributed by atoms with van der Waals surface area (Å²) in [5.41, 5.74) is 6.41. The third-order valence-corrected chi connectivity index (χ3v) is 7.60. The first-order chi connectivity index (χ1) is 13.1. The van der Waals surface area contributed by atoms with Crippen LogP contribution in [-0.4, -0.2) is 35.0 Å². The molecule has 5 heteroatoms. The van der Waals surface area contributed by atoms with Crippen LogP contribution in [0.4, 0.5) is 0 Å². The lowest BCUT2D eigenvalue weighted by atomic mass is 9.47. The summed E-state index contributed by atoms with van der Waals surface area (Å²) in [5, 5.41) is 9.24. The molecule has 4 saturated carbocycles. The van der Waals surface area contributed by atoms with Crippen LogP contribution in [0.15, 0.2) is 35.3 Å². The van der Waals surface area contributed by atoms with Gasteiger partial charge in [0.05, 0.1) is 0 Å². The average molecular weight is 367 g/mol. The molecule has 1 atom stereocenters. The van der Waals surface area contributed by atoms with Gasteiger partial charge in [-0.15, -0.1) is 0 Å². The SMILES string of the molecule is NC1=NC(c2ccccc2)(C2C3CC4CC(C3)CC2C4)C(=O)N1CCCO. The predicted molar refractivity (Wildman–Crippen MR) is 104 cm³/mol. The molecule has 1 aliphatic heterocycles. The van der Waals surface area contributed by atoms with E-state index in [1.54, 1.807) is 4.90 Å². The molecule has 1 heterocycles. The second-order valence-corrected chi connectivity index (χ2v) is 9.09. The Morgan fingerprint density at radius 3 is 2.30 bits per heavy atom. The Morgan fingerprint density at radius 2 is 1.70 bits per heavy atom. The molecule has 1 aromatic rings. The maximum absolute atomic E-state index is 13.8. The third kappa shape index (κ3) is 2.47. The van der Waals surface area contributed by atoms with Crippen LogP contribution >= 0.6 is 0 Å². The van der Waals surface area contributed by atoms with Crippen molar-refractivity contribution in [3.8, 4) is 0 Å². The minimum Gasteiger partial charge on any atom is -0.396 e. The van der Waals surface area contributed by atoms with Gasteiger partial charge < -0.3 is 10.8 Å². The van der Waals surface area contributed by atoms with Gasteiger partial charge in [0.25, 0.3) is 5.91 Å². The van der Waals surface area contributed by atoms with Gasteiger partial charge in [0, 0.05) is 19.1 Å². The molecule has 4 aliphatic carbocycles. The van der Waals surface area contributed by atoms with Crippen molar-refractivity contribution in [3.63, 3.8) is 0 Å². The highest BCUT2D eigenvalue weighted by Crippen LogP contribution is 2.62. The number of aliphatic hydroxyl groups excluding tert-OH is 1. The smallest absolute Gasteiger partial charge is 0.262 e. The number of carbonyl (C=O) groups is 1. The highest BCUT2D eigenvalue weighted by Gasteiger charge is 2.62. The van der Waals surface area contributed by atoms with Crippen molar-refractivity contribution in [2.24, 2.45) is 40.3 Å². The zero-order chi connectivity index (χ0) is 18.6. The van der Waals surface area contributed by atoms with Crippen LogP contribution < -0.4 is 5.73 Å². The summed E-state index contributed by atoms with van der Waals surface area (Å²) in [6.45, 7) is 0.486. The molecule has 5 aliphatic rings. The molecule has 1 amide bonds. The molecule has 0 radical (unpaired) electrons. The van der Waals surface area contributed by atoms with E-state index in [2.05, 4.69) is 12.1 Å². The molecule has 1 aromatic carbocycles. The van der Waals surface area contributed by atoms with E-state index < -0.39 is 5.54 Å². The van der Waals surface area contributed by atoms with Gasteiger partial charge in [0.1, 0.15) is 0 Å². The van der Waals surface area contributed by atoms with E-state index in [9.17, 15) is 9.90 Å². The van der Waals surface area contributed by atoms with Crippen molar-refractivity contribution in [2.45, 2.75) is 44.1 Å². The minimum absolute atomic E-state index is 0.0251. The van der Waals surface area contributed by atoms with Gasteiger partial charge in [0.15, 0.2) is 11.5 Å². The number of amides is 1. The predicted octanol–water partition coefficient (Wildman–Crippen LogP) is 2.49. The van der Waals surface area contributed by atoms with Gasteiger partial charge in [-0.05, 0) is 67.8 Å². The van der Waals surface area contributed by atoms with E-state index in [0.29, 0.717) is 30.8 Å². The maximum Gasteiger partial charge on any atom is 0.262 e. The number of benzene rings is 1. The van der Waals surface area contributed by atoms with Crippen molar-refractivity contribution < 1.29 is 9.90 Å². The average Bonchev–Trinajstić information content (AvgIpc) is 2.91. The van der Waals surface area contributed by atoms with Gasteiger partial charge >= 0.3 is 0 Å². The number of guanidine groups is 1. The molecule has 0 spiro atoms. The fraction of sp³-hybridized carbons (Fsp3) is 0.636. The zero-order valence-electron chi connectivity index (χ0n) is 15.8. The Balaban J connectivity index is 1.60. The molecule has 6 rings (SSSR count). The molecule has 3 N–H and O–H groups in total. The van der Waals surface area contributed by atoms with Crippen LogP contribution in [0.3, 0.4) is 0 Å². The Kier molecular flexibility index (Phi) is 4.04. The highest BCUT2D eigenvalue weighted by molar-refractivity contribution is 6.07. The molecule has 0 aromatic heterocycles. The number of carbonyl (C=O) groups excluding carboxylic acids is 1. The first kappa shape index (κ1) is 17.2. The van der Waals surface area contributed by atoms with Crippen LogP contribution in [0, 0.1) is 29.6 Å². The van der Waals surface area contributed by atoms with Crippen molar-refractivity contribution in [1.82, 2.24) is 4.90 Å². The second-order valence-electron chi connectivity index (χ2n) is 9.09. The van der Waals surface area contributed by atoms with Crippen molar-refractivity contribution >= 4 is 11.9 Å². The molecule has 5 nitrogen and oxygen atoms in total. The van der Waals surface area contributed by atoms with Gasteiger partial charge in [-0.1, -0.05) is 30.3 Å². The summed E-state index contributed by atoms with van der Waals surface area (Å²) < 4.78 is 0. The van der Waals surface area contributed by atoms with Crippen molar-refractivity contribution in [3.05, 3.63) is 35.9 Å². The topological polar surface area (TPSA) is 78.9 Å². The summed E-state index contributed by atoms with van der Waals surface area (Å²) in [5.74, 6) is 3.43. The quantitative estimate of drug-likeness (QED) is 0.839. The van der Waals surface area contributed by atoms with E-state index in [-0.39, 0.29) is 18.4 Å². The molecular formula is C22H29N3O2. The van der Waals surface area contributed by atoms with Crippen LogP contribution in [0.2, 0.25) is 0 Å². The van der Waals surface area contributed by atoms with E-state index in [1.165, 1.54) is 32.1 Å². The zero-order valence-corrected chi connectivity index (χ0v) is 15.8. The lowest BCUT2D eigenvalue weighted by Gasteiger charge is -2.57. The lowest BCUT2D eigenvalue weighted by Crippen LogP contribution is -2.56. The number of nitrogens with zero attached hydrogens (tertiary/aromatic N) is 2. The summed E-state index contributed by atoms with van der Waals surface area (Å²) in [6.07, 6.45) is 6.88. The second kappa shape index (κ2) is 6.33. The monoisotopic (exact) mass is 367 g/mol. The van der Waals surface area contributed by atoms with Crippen LogP contribution in [0.25, 0.3) is 0 Å². The van der Waals surface area contributed by atoms with Gasteiger partial charge in [-0.25, -0.2) is 4.99 Å². The largest absolute Gasteiger partial charge is 0.396 e. The molecule has 4 fully saturated rings. The van der Waals surface area contributed by atoms with Crippen molar-refractivity contribution in [1.29, 1.82) is 0 Å². The molecular weight excluding hydrogens is 338 g/mol. The fourth-order valence-corrected chi connectivity index (χ4v) is 6.94. The highest BCUT2D eigenvalue weighted by atomic mass is 16.3. The Hall–Kier alpha value is -1.88. The Labute approximate surface area is 160 Å². The normalized spacial score (nSPS) is 39.9. The Bertz CT molecular complexity index is 734. The lowest BCUT2D eigenvalue weighted by molar-refractivity contribution is -0.142. The number of aliphatic imine (C=N–C) groups is 1. The van der Waals surface area contributed by atoms with E-state index in [4.69, 9.17) is 10.7 Å². The third-order valence-electron chi connectivity index (χ3n) is 7.60. The van der Waals surface area contributed by atoms with Crippen LogP contribution in [0.5, 0.6) is 0 Å². The van der Waals surface area contributed by atoms with Gasteiger partial charge in [0.2, 0.25) is 0 Å². The maximum atomic E-state index is 13.8. The summed E-state index contributed by atoms with van der Waals surface area (Å²) in [7, 11) is 0. The van der Waals surface area contributed by atoms with E-state index >= 15 is 0 Å². The number of aliphatic hydroxyl groups is 1. The summed E-state index contributed by atoms with van der Waals surface area (Å²) >= 11 is 0. The summed E-state index contributed by atoms with van der Waals surface area (Å²) in [6, 6.07) is 10.1.